The van der Waals surface area contributed by atoms with Crippen molar-refractivity contribution >= 4 is 16.9 Å². The summed E-state index contributed by atoms with van der Waals surface area (Å²) in [5.41, 5.74) is 2.26. The van der Waals surface area contributed by atoms with E-state index >= 15 is 0 Å². The van der Waals surface area contributed by atoms with Crippen LogP contribution in [-0.2, 0) is 11.3 Å². The minimum Gasteiger partial charge on any atom is -0.340 e. The number of likely N-dealkylation sites (tertiary alicyclic amines) is 1. The molecule has 2 aromatic rings. The summed E-state index contributed by atoms with van der Waals surface area (Å²) in [6.07, 6.45) is 3.10. The molecule has 0 saturated carbocycles. The van der Waals surface area contributed by atoms with Gasteiger partial charge in [-0.05, 0) is 65.6 Å². The van der Waals surface area contributed by atoms with Crippen molar-refractivity contribution in [2.75, 3.05) is 19.6 Å². The summed E-state index contributed by atoms with van der Waals surface area (Å²) in [5, 5.41) is 0. The molecular formula is C23H36N4O. The third-order valence-corrected chi connectivity index (χ3v) is 5.78. The number of piperidine rings is 1. The van der Waals surface area contributed by atoms with Gasteiger partial charge in [-0.1, -0.05) is 19.1 Å². The molecule has 0 aliphatic carbocycles. The Balaban J connectivity index is 1.76. The van der Waals surface area contributed by atoms with Crippen LogP contribution in [0.25, 0.3) is 11.0 Å². The van der Waals surface area contributed by atoms with Crippen molar-refractivity contribution in [3.05, 3.63) is 30.1 Å². The predicted molar refractivity (Wildman–Crippen MR) is 115 cm³/mol. The third kappa shape index (κ3) is 4.40. The van der Waals surface area contributed by atoms with Gasteiger partial charge in [-0.3, -0.25) is 9.69 Å². The average Bonchev–Trinajstić information content (AvgIpc) is 3.03. The van der Waals surface area contributed by atoms with Crippen molar-refractivity contribution < 1.29 is 4.79 Å². The molecular weight excluding hydrogens is 348 g/mol. The summed E-state index contributed by atoms with van der Waals surface area (Å²) < 4.78 is 2.35. The van der Waals surface area contributed by atoms with Crippen LogP contribution in [0.15, 0.2) is 24.3 Å². The number of hydrogen-bond donors (Lipinski definition) is 0. The average molecular weight is 385 g/mol. The highest BCUT2D eigenvalue weighted by atomic mass is 16.2. The van der Waals surface area contributed by atoms with Crippen molar-refractivity contribution in [1.29, 1.82) is 0 Å². The molecule has 0 unspecified atom stereocenters. The molecule has 1 aromatic carbocycles. The lowest BCUT2D eigenvalue weighted by Crippen LogP contribution is -2.47. The Hall–Kier alpha value is -1.88. The van der Waals surface area contributed by atoms with Gasteiger partial charge in [0.2, 0.25) is 5.91 Å². The van der Waals surface area contributed by atoms with Crippen LogP contribution >= 0.6 is 0 Å². The number of carbonyl (C=O) groups is 1. The van der Waals surface area contributed by atoms with E-state index in [1.807, 2.05) is 6.07 Å². The van der Waals surface area contributed by atoms with Gasteiger partial charge in [0, 0.05) is 25.2 Å². The Kier molecular flexibility index (Phi) is 6.76. The van der Waals surface area contributed by atoms with Gasteiger partial charge in [0.15, 0.2) is 0 Å². The first-order chi connectivity index (χ1) is 13.4. The van der Waals surface area contributed by atoms with Crippen LogP contribution in [0.3, 0.4) is 0 Å². The van der Waals surface area contributed by atoms with Crippen molar-refractivity contribution in [2.24, 2.45) is 5.92 Å². The molecule has 1 aliphatic heterocycles. The molecule has 1 saturated heterocycles. The van der Waals surface area contributed by atoms with Gasteiger partial charge in [0.05, 0.1) is 23.5 Å². The predicted octanol–water partition coefficient (Wildman–Crippen LogP) is 4.48. The monoisotopic (exact) mass is 384 g/mol. The topological polar surface area (TPSA) is 41.4 Å². The van der Waals surface area contributed by atoms with Crippen LogP contribution in [0.5, 0.6) is 0 Å². The smallest absolute Gasteiger partial charge is 0.227 e. The molecule has 0 spiro atoms. The first-order valence-corrected chi connectivity index (χ1v) is 10.9. The number of imidazole rings is 1. The lowest BCUT2D eigenvalue weighted by molar-refractivity contribution is -0.139. The maximum absolute atomic E-state index is 13.1. The molecule has 1 amide bonds. The van der Waals surface area contributed by atoms with Crippen molar-refractivity contribution in [2.45, 2.75) is 72.5 Å². The van der Waals surface area contributed by atoms with Crippen molar-refractivity contribution in [3.63, 3.8) is 0 Å². The summed E-state index contributed by atoms with van der Waals surface area (Å²) in [6.45, 7) is 14.4. The molecule has 1 aliphatic rings. The van der Waals surface area contributed by atoms with E-state index in [1.54, 1.807) is 0 Å². The van der Waals surface area contributed by atoms with Crippen LogP contribution in [0.4, 0.5) is 0 Å². The SMILES string of the molecule is CCCN(C(=O)[C@@H]1CCCN(Cc2nc3ccccc3n2C(C)C)C1)C(C)C. The van der Waals surface area contributed by atoms with E-state index in [-0.39, 0.29) is 12.0 Å². The number of fused-ring (bicyclic) bond motifs is 1. The first-order valence-electron chi connectivity index (χ1n) is 10.9. The van der Waals surface area contributed by atoms with Crippen LogP contribution in [0, 0.1) is 5.92 Å². The molecule has 28 heavy (non-hydrogen) atoms. The summed E-state index contributed by atoms with van der Waals surface area (Å²) in [5.74, 6) is 1.55. The molecule has 1 fully saturated rings. The zero-order chi connectivity index (χ0) is 20.3. The van der Waals surface area contributed by atoms with Crippen molar-refractivity contribution in [1.82, 2.24) is 19.4 Å². The molecule has 0 radical (unpaired) electrons. The molecule has 0 N–H and O–H groups in total. The zero-order valence-corrected chi connectivity index (χ0v) is 18.2. The second kappa shape index (κ2) is 9.08. The quantitative estimate of drug-likeness (QED) is 0.707. The zero-order valence-electron chi connectivity index (χ0n) is 18.2. The molecule has 3 rings (SSSR count). The van der Waals surface area contributed by atoms with E-state index in [1.165, 1.54) is 5.52 Å². The largest absolute Gasteiger partial charge is 0.340 e. The fourth-order valence-electron chi connectivity index (χ4n) is 4.48. The lowest BCUT2D eigenvalue weighted by Gasteiger charge is -2.36. The second-order valence-electron chi connectivity index (χ2n) is 8.68. The normalized spacial score (nSPS) is 18.3. The van der Waals surface area contributed by atoms with Crippen molar-refractivity contribution in [3.8, 4) is 0 Å². The highest BCUT2D eigenvalue weighted by molar-refractivity contribution is 5.79. The standard InChI is InChI=1S/C23H36N4O/c1-6-13-26(17(2)3)23(28)19-10-9-14-25(15-19)16-22-24-20-11-7-8-12-21(20)27(22)18(4)5/h7-8,11-12,17-19H,6,9-10,13-16H2,1-5H3/t19-/m1/s1. The van der Waals surface area contributed by atoms with Gasteiger partial charge in [-0.15, -0.1) is 0 Å². The van der Waals surface area contributed by atoms with E-state index in [2.05, 4.69) is 67.2 Å². The number of amides is 1. The van der Waals surface area contributed by atoms with Gasteiger partial charge in [0.25, 0.3) is 0 Å². The Labute approximate surface area is 169 Å². The van der Waals surface area contributed by atoms with Gasteiger partial charge >= 0.3 is 0 Å². The van der Waals surface area contributed by atoms with Gasteiger partial charge < -0.3 is 9.47 Å². The number of hydrogen-bond acceptors (Lipinski definition) is 3. The Morgan fingerprint density at radius 3 is 2.68 bits per heavy atom. The molecule has 0 bridgehead atoms. The summed E-state index contributed by atoms with van der Waals surface area (Å²) >= 11 is 0. The fraction of sp³-hybridized carbons (Fsp3) is 0.652. The number of aromatic nitrogens is 2. The van der Waals surface area contributed by atoms with Crippen LogP contribution < -0.4 is 0 Å². The van der Waals surface area contributed by atoms with Gasteiger partial charge in [-0.25, -0.2) is 4.98 Å². The second-order valence-corrected chi connectivity index (χ2v) is 8.68. The molecule has 2 heterocycles. The Morgan fingerprint density at radius 1 is 1.25 bits per heavy atom. The number of nitrogens with zero attached hydrogens (tertiary/aromatic N) is 4. The molecule has 5 nitrogen and oxygen atoms in total. The fourth-order valence-corrected chi connectivity index (χ4v) is 4.48. The highest BCUT2D eigenvalue weighted by Crippen LogP contribution is 2.25. The number of benzene rings is 1. The Bertz CT molecular complexity index is 795. The minimum atomic E-state index is 0.111. The molecule has 1 aromatic heterocycles. The number of rotatable bonds is 7. The number of para-hydroxylation sites is 2. The maximum atomic E-state index is 13.1. The van der Waals surface area contributed by atoms with E-state index in [0.717, 1.165) is 56.8 Å². The van der Waals surface area contributed by atoms with Gasteiger partial charge in [-0.2, -0.15) is 0 Å². The van der Waals surface area contributed by atoms with Crippen LogP contribution in [-0.4, -0.2) is 50.9 Å². The highest BCUT2D eigenvalue weighted by Gasteiger charge is 2.30. The minimum absolute atomic E-state index is 0.111. The first kappa shape index (κ1) is 20.8. The Morgan fingerprint density at radius 2 is 2.00 bits per heavy atom. The molecule has 154 valence electrons. The van der Waals surface area contributed by atoms with E-state index in [9.17, 15) is 4.79 Å². The van der Waals surface area contributed by atoms with Crippen LogP contribution in [0.2, 0.25) is 0 Å². The lowest BCUT2D eigenvalue weighted by atomic mass is 9.95. The van der Waals surface area contributed by atoms with Gasteiger partial charge in [0.1, 0.15) is 5.82 Å². The summed E-state index contributed by atoms with van der Waals surface area (Å²) in [4.78, 5) is 22.5. The van der Waals surface area contributed by atoms with E-state index in [4.69, 9.17) is 4.98 Å². The molecule has 5 heteroatoms. The maximum Gasteiger partial charge on any atom is 0.227 e. The van der Waals surface area contributed by atoms with E-state index in [0.29, 0.717) is 11.9 Å². The number of carbonyl (C=O) groups excluding carboxylic acids is 1. The summed E-state index contributed by atoms with van der Waals surface area (Å²) in [6, 6.07) is 9.01. The third-order valence-electron chi connectivity index (χ3n) is 5.78. The molecule has 1 atom stereocenters. The van der Waals surface area contributed by atoms with Crippen LogP contribution in [0.1, 0.15) is 65.7 Å². The van der Waals surface area contributed by atoms with E-state index < -0.39 is 0 Å². The summed E-state index contributed by atoms with van der Waals surface area (Å²) in [7, 11) is 0.